The van der Waals surface area contributed by atoms with E-state index in [1.807, 2.05) is 6.07 Å². The van der Waals surface area contributed by atoms with Gasteiger partial charge in [-0.25, -0.2) is 9.48 Å². The molecule has 1 heterocycles. The summed E-state index contributed by atoms with van der Waals surface area (Å²) in [6.45, 7) is -0.962. The van der Waals surface area contributed by atoms with E-state index in [4.69, 9.17) is 5.26 Å². The third-order valence-corrected chi connectivity index (χ3v) is 4.59. The number of hydrogen-bond donors (Lipinski definition) is 1. The lowest BCUT2D eigenvalue weighted by Gasteiger charge is -2.23. The van der Waals surface area contributed by atoms with Crippen molar-refractivity contribution < 1.29 is 27.9 Å². The Hall–Kier alpha value is -4.20. The van der Waals surface area contributed by atoms with Gasteiger partial charge in [0.05, 0.1) is 23.4 Å². The highest BCUT2D eigenvalue weighted by atomic mass is 19.4. The second-order valence-corrected chi connectivity index (χ2v) is 6.66. The van der Waals surface area contributed by atoms with Crippen LogP contribution in [0.25, 0.3) is 10.8 Å². The molecule has 0 fully saturated rings. The van der Waals surface area contributed by atoms with E-state index >= 15 is 0 Å². The van der Waals surface area contributed by atoms with Gasteiger partial charge in [0, 0.05) is 17.6 Å². The van der Waals surface area contributed by atoms with Crippen LogP contribution < -0.4 is 10.5 Å². The van der Waals surface area contributed by atoms with E-state index in [9.17, 15) is 32.7 Å². The van der Waals surface area contributed by atoms with Crippen LogP contribution in [0.4, 0.5) is 18.9 Å². The van der Waals surface area contributed by atoms with E-state index in [2.05, 4.69) is 5.10 Å². The van der Waals surface area contributed by atoms with Crippen molar-refractivity contribution in [3.05, 3.63) is 70.1 Å². The average molecular weight is 444 g/mol. The highest BCUT2D eigenvalue weighted by molar-refractivity contribution is 6.01. The van der Waals surface area contributed by atoms with Crippen molar-refractivity contribution in [1.29, 1.82) is 5.26 Å². The SMILES string of the molecule is N#CCCN(C(=O)Cn1nc(C(=O)O)c2ccccc2c1=O)c1cccc(C(F)(F)F)c1. The zero-order chi connectivity index (χ0) is 23.5. The third-order valence-electron chi connectivity index (χ3n) is 4.59. The number of benzene rings is 2. The van der Waals surface area contributed by atoms with Gasteiger partial charge in [-0.15, -0.1) is 0 Å². The lowest BCUT2D eigenvalue weighted by Crippen LogP contribution is -2.38. The molecular weight excluding hydrogens is 429 g/mol. The molecule has 3 aromatic rings. The Kier molecular flexibility index (Phi) is 6.25. The van der Waals surface area contributed by atoms with Crippen LogP contribution in [-0.4, -0.2) is 33.3 Å². The van der Waals surface area contributed by atoms with Crippen LogP contribution in [0.5, 0.6) is 0 Å². The summed E-state index contributed by atoms with van der Waals surface area (Å²) in [5, 5.41) is 22.2. The summed E-state index contributed by atoms with van der Waals surface area (Å²) < 4.78 is 39.9. The van der Waals surface area contributed by atoms with Crippen LogP contribution in [0.2, 0.25) is 0 Å². The fourth-order valence-corrected chi connectivity index (χ4v) is 3.12. The standard InChI is InChI=1S/C21H15F3N4O4/c22-21(23,24)13-5-3-6-14(11-13)27(10-4-9-25)17(29)12-28-19(30)16-8-2-1-7-15(16)18(26-28)20(31)32/h1-3,5-8,11H,4,10,12H2,(H,31,32). The number of nitriles is 1. The summed E-state index contributed by atoms with van der Waals surface area (Å²) in [5.41, 5.74) is -2.29. The lowest BCUT2D eigenvalue weighted by molar-refractivity contribution is -0.137. The first-order chi connectivity index (χ1) is 15.1. The number of aromatic nitrogens is 2. The maximum atomic E-state index is 13.1. The molecule has 0 bridgehead atoms. The molecule has 164 valence electrons. The molecule has 0 atom stereocenters. The summed E-state index contributed by atoms with van der Waals surface area (Å²) in [4.78, 5) is 38.2. The van der Waals surface area contributed by atoms with Crippen LogP contribution >= 0.6 is 0 Å². The summed E-state index contributed by atoms with van der Waals surface area (Å²) >= 11 is 0. The zero-order valence-electron chi connectivity index (χ0n) is 16.3. The Bertz CT molecular complexity index is 1290. The van der Waals surface area contributed by atoms with Gasteiger partial charge in [0.1, 0.15) is 6.54 Å². The molecule has 1 aromatic heterocycles. The molecule has 3 rings (SSSR count). The van der Waals surface area contributed by atoms with Gasteiger partial charge >= 0.3 is 12.1 Å². The molecule has 0 aliphatic heterocycles. The first-order valence-electron chi connectivity index (χ1n) is 9.21. The number of carboxylic acids is 1. The average Bonchev–Trinajstić information content (AvgIpc) is 2.75. The van der Waals surface area contributed by atoms with Gasteiger partial charge in [-0.3, -0.25) is 9.59 Å². The van der Waals surface area contributed by atoms with Gasteiger partial charge in [0.15, 0.2) is 5.69 Å². The smallest absolute Gasteiger partial charge is 0.416 e. The molecule has 2 aromatic carbocycles. The largest absolute Gasteiger partial charge is 0.476 e. The highest BCUT2D eigenvalue weighted by Crippen LogP contribution is 2.31. The second kappa shape index (κ2) is 8.89. The molecule has 11 heteroatoms. The number of rotatable bonds is 6. The molecular formula is C21H15F3N4O4. The molecule has 32 heavy (non-hydrogen) atoms. The topological polar surface area (TPSA) is 116 Å². The number of aromatic carboxylic acids is 1. The van der Waals surface area contributed by atoms with E-state index in [1.165, 1.54) is 30.3 Å². The summed E-state index contributed by atoms with van der Waals surface area (Å²) in [6, 6.07) is 11.6. The Balaban J connectivity index is 2.04. The van der Waals surface area contributed by atoms with Gasteiger partial charge in [-0.05, 0) is 24.3 Å². The van der Waals surface area contributed by atoms with Crippen molar-refractivity contribution in [2.24, 2.45) is 0 Å². The Labute approximate surface area is 178 Å². The first kappa shape index (κ1) is 22.5. The van der Waals surface area contributed by atoms with E-state index in [1.54, 1.807) is 0 Å². The molecule has 1 amide bonds. The van der Waals surface area contributed by atoms with Gasteiger partial charge in [0.25, 0.3) is 5.56 Å². The third kappa shape index (κ3) is 4.59. The first-order valence-corrected chi connectivity index (χ1v) is 9.21. The van der Waals surface area contributed by atoms with Crippen LogP contribution in [0.3, 0.4) is 0 Å². The molecule has 0 radical (unpaired) electrons. The summed E-state index contributed by atoms with van der Waals surface area (Å²) in [7, 11) is 0. The summed E-state index contributed by atoms with van der Waals surface area (Å²) in [5.74, 6) is -2.25. The molecule has 1 N–H and O–H groups in total. The molecule has 0 aliphatic carbocycles. The number of nitrogens with zero attached hydrogens (tertiary/aromatic N) is 4. The van der Waals surface area contributed by atoms with Crippen molar-refractivity contribution in [2.45, 2.75) is 19.1 Å². The molecule has 0 spiro atoms. The maximum absolute atomic E-state index is 13.1. The second-order valence-electron chi connectivity index (χ2n) is 6.66. The Morgan fingerprint density at radius 1 is 1.12 bits per heavy atom. The van der Waals surface area contributed by atoms with Crippen molar-refractivity contribution in [1.82, 2.24) is 9.78 Å². The van der Waals surface area contributed by atoms with Gasteiger partial charge in [0.2, 0.25) is 5.91 Å². The number of anilines is 1. The Morgan fingerprint density at radius 3 is 2.44 bits per heavy atom. The fraction of sp³-hybridized carbons (Fsp3) is 0.190. The zero-order valence-corrected chi connectivity index (χ0v) is 16.3. The number of amides is 1. The van der Waals surface area contributed by atoms with Crippen molar-refractivity contribution in [3.63, 3.8) is 0 Å². The monoisotopic (exact) mass is 444 g/mol. The lowest BCUT2D eigenvalue weighted by atomic mass is 10.1. The molecule has 0 aliphatic rings. The van der Waals surface area contributed by atoms with Crippen molar-refractivity contribution >= 4 is 28.3 Å². The maximum Gasteiger partial charge on any atom is 0.416 e. The van der Waals surface area contributed by atoms with Gasteiger partial charge in [-0.1, -0.05) is 24.3 Å². The summed E-state index contributed by atoms with van der Waals surface area (Å²) in [6.07, 6.45) is -4.82. The minimum Gasteiger partial charge on any atom is -0.476 e. The van der Waals surface area contributed by atoms with E-state index in [-0.39, 0.29) is 29.4 Å². The highest BCUT2D eigenvalue weighted by Gasteiger charge is 2.31. The normalized spacial score (nSPS) is 11.2. The van der Waals surface area contributed by atoms with Crippen molar-refractivity contribution in [3.8, 4) is 6.07 Å². The van der Waals surface area contributed by atoms with Gasteiger partial charge in [-0.2, -0.15) is 23.5 Å². The predicted molar refractivity (Wildman–Crippen MR) is 107 cm³/mol. The van der Waals surface area contributed by atoms with Crippen LogP contribution in [0, 0.1) is 11.3 Å². The van der Waals surface area contributed by atoms with Crippen LogP contribution in [0.1, 0.15) is 22.5 Å². The van der Waals surface area contributed by atoms with E-state index in [0.717, 1.165) is 23.1 Å². The van der Waals surface area contributed by atoms with Crippen LogP contribution in [-0.2, 0) is 17.5 Å². The number of hydrogen-bond acceptors (Lipinski definition) is 5. The number of carbonyl (C=O) groups is 2. The van der Waals surface area contributed by atoms with Crippen molar-refractivity contribution in [2.75, 3.05) is 11.4 Å². The van der Waals surface area contributed by atoms with Gasteiger partial charge < -0.3 is 10.0 Å². The predicted octanol–water partition coefficient (Wildman–Crippen LogP) is 3.06. The Morgan fingerprint density at radius 2 is 1.81 bits per heavy atom. The van der Waals surface area contributed by atoms with E-state index in [0.29, 0.717) is 4.68 Å². The van der Waals surface area contributed by atoms with E-state index < -0.39 is 41.4 Å². The molecule has 0 saturated carbocycles. The molecule has 0 saturated heterocycles. The number of fused-ring (bicyclic) bond motifs is 1. The minimum absolute atomic E-state index is 0.0235. The number of carbonyl (C=O) groups excluding carboxylic acids is 1. The quantitative estimate of drug-likeness (QED) is 0.625. The number of carboxylic acid groups (broad SMARTS) is 1. The van der Waals surface area contributed by atoms with Crippen LogP contribution in [0.15, 0.2) is 53.3 Å². The fourth-order valence-electron chi connectivity index (χ4n) is 3.12. The number of alkyl halides is 3. The number of halogens is 3. The molecule has 0 unspecified atom stereocenters. The molecule has 8 nitrogen and oxygen atoms in total. The minimum atomic E-state index is -4.65.